The first kappa shape index (κ1) is 9.63. The van der Waals surface area contributed by atoms with Crippen LogP contribution in [0.25, 0.3) is 0 Å². The third-order valence-electron chi connectivity index (χ3n) is 1.65. The van der Waals surface area contributed by atoms with Gasteiger partial charge < -0.3 is 5.11 Å². The number of alkyl halides is 1. The lowest BCUT2D eigenvalue weighted by Crippen LogP contribution is -2.35. The molecule has 1 aliphatic heterocycles. The van der Waals surface area contributed by atoms with Gasteiger partial charge in [0.2, 0.25) is 5.91 Å². The van der Waals surface area contributed by atoms with Crippen LogP contribution in [-0.2, 0) is 9.59 Å². The molecule has 5 nitrogen and oxygen atoms in total. The molecule has 1 N–H and O–H groups in total. The summed E-state index contributed by atoms with van der Waals surface area (Å²) in [6.07, 6.45) is 0.210. The van der Waals surface area contributed by atoms with Crippen molar-refractivity contribution in [2.24, 2.45) is 5.10 Å². The Morgan fingerprint density at radius 1 is 1.62 bits per heavy atom. The number of aliphatic carboxylic acids is 1. The van der Waals surface area contributed by atoms with E-state index in [9.17, 15) is 14.0 Å². The maximum Gasteiger partial charge on any atom is 0.352 e. The molecule has 1 amide bonds. The Balaban J connectivity index is 2.74. The van der Waals surface area contributed by atoms with Crippen LogP contribution in [0.1, 0.15) is 12.8 Å². The van der Waals surface area contributed by atoms with Crippen LogP contribution in [0, 0.1) is 0 Å². The number of hydrazone groups is 1. The molecular formula is C7H9FN2O3. The van der Waals surface area contributed by atoms with Gasteiger partial charge in [-0.15, -0.1) is 0 Å². The minimum atomic E-state index is -1.16. The number of rotatable bonds is 3. The molecule has 0 saturated carbocycles. The maximum atomic E-state index is 11.9. The van der Waals surface area contributed by atoms with Crippen LogP contribution < -0.4 is 0 Å². The van der Waals surface area contributed by atoms with Gasteiger partial charge in [0.25, 0.3) is 0 Å². The van der Waals surface area contributed by atoms with E-state index in [1.165, 1.54) is 0 Å². The first-order chi connectivity index (χ1) is 6.15. The lowest BCUT2D eigenvalue weighted by atomic mass is 10.2. The molecule has 6 heteroatoms. The van der Waals surface area contributed by atoms with Crippen LogP contribution >= 0.6 is 0 Å². The standard InChI is InChI=1S/C7H9FN2O3/c8-3-4-10-6(11)2-1-5(9-10)7(12)13/h1-4H2,(H,12,13). The number of hydrogen-bond donors (Lipinski definition) is 1. The van der Waals surface area contributed by atoms with Gasteiger partial charge in [-0.2, -0.15) is 5.10 Å². The molecule has 0 bridgehead atoms. The summed E-state index contributed by atoms with van der Waals surface area (Å²) >= 11 is 0. The average molecular weight is 188 g/mol. The molecule has 0 unspecified atom stereocenters. The van der Waals surface area contributed by atoms with Crippen LogP contribution in [0.4, 0.5) is 4.39 Å². The van der Waals surface area contributed by atoms with E-state index in [4.69, 9.17) is 5.11 Å². The molecule has 0 radical (unpaired) electrons. The van der Waals surface area contributed by atoms with Gasteiger partial charge in [-0.05, 0) is 0 Å². The van der Waals surface area contributed by atoms with Crippen LogP contribution in [0.15, 0.2) is 5.10 Å². The molecule has 0 spiro atoms. The van der Waals surface area contributed by atoms with Gasteiger partial charge in [-0.3, -0.25) is 4.79 Å². The van der Waals surface area contributed by atoms with Gasteiger partial charge in [-0.1, -0.05) is 0 Å². The van der Waals surface area contributed by atoms with E-state index in [1.807, 2.05) is 0 Å². The monoisotopic (exact) mass is 188 g/mol. The molecule has 72 valence electrons. The van der Waals surface area contributed by atoms with E-state index < -0.39 is 12.6 Å². The van der Waals surface area contributed by atoms with Crippen molar-refractivity contribution in [1.29, 1.82) is 0 Å². The number of carbonyl (C=O) groups is 2. The van der Waals surface area contributed by atoms with Crippen LogP contribution in [-0.4, -0.2) is 40.9 Å². The Labute approximate surface area is 73.8 Å². The first-order valence-corrected chi connectivity index (χ1v) is 3.82. The van der Waals surface area contributed by atoms with Gasteiger partial charge >= 0.3 is 5.97 Å². The summed E-state index contributed by atoms with van der Waals surface area (Å²) in [6, 6.07) is 0. The number of halogens is 1. The average Bonchev–Trinajstić information content (AvgIpc) is 2.08. The van der Waals surface area contributed by atoms with Crippen LogP contribution in [0.3, 0.4) is 0 Å². The highest BCUT2D eigenvalue weighted by molar-refractivity contribution is 6.36. The van der Waals surface area contributed by atoms with Crippen molar-refractivity contribution >= 4 is 17.6 Å². The fourth-order valence-electron chi connectivity index (χ4n) is 1.01. The minimum Gasteiger partial charge on any atom is -0.477 e. The van der Waals surface area contributed by atoms with Gasteiger partial charge in [0.15, 0.2) is 0 Å². The number of amides is 1. The molecule has 0 aromatic heterocycles. The van der Waals surface area contributed by atoms with Crippen molar-refractivity contribution in [3.8, 4) is 0 Å². The molecular weight excluding hydrogens is 179 g/mol. The fraction of sp³-hybridized carbons (Fsp3) is 0.571. The Bertz CT molecular complexity index is 264. The number of carboxylic acid groups (broad SMARTS) is 1. The summed E-state index contributed by atoms with van der Waals surface area (Å²) < 4.78 is 11.9. The molecule has 1 heterocycles. The highest BCUT2D eigenvalue weighted by atomic mass is 19.1. The van der Waals surface area contributed by atoms with Crippen molar-refractivity contribution in [3.05, 3.63) is 0 Å². The maximum absolute atomic E-state index is 11.9. The SMILES string of the molecule is O=C(O)C1=NN(CCF)C(=O)CC1. The van der Waals surface area contributed by atoms with Gasteiger partial charge in [0.05, 0.1) is 6.54 Å². The highest BCUT2D eigenvalue weighted by Gasteiger charge is 2.23. The van der Waals surface area contributed by atoms with Crippen molar-refractivity contribution < 1.29 is 19.1 Å². The summed E-state index contributed by atoms with van der Waals surface area (Å²) in [5.74, 6) is -1.49. The predicted octanol–water partition coefficient (Wildman–Crippen LogP) is 0.0189. The summed E-state index contributed by atoms with van der Waals surface area (Å²) in [4.78, 5) is 21.5. The van der Waals surface area contributed by atoms with Crippen molar-refractivity contribution in [1.82, 2.24) is 5.01 Å². The molecule has 0 aromatic rings. The van der Waals surface area contributed by atoms with Crippen molar-refractivity contribution in [2.75, 3.05) is 13.2 Å². The third kappa shape index (κ3) is 2.24. The van der Waals surface area contributed by atoms with Gasteiger partial charge in [-0.25, -0.2) is 14.2 Å². The summed E-state index contributed by atoms with van der Waals surface area (Å²) in [6.45, 7) is -0.891. The zero-order valence-corrected chi connectivity index (χ0v) is 6.86. The number of nitrogens with zero attached hydrogens (tertiary/aromatic N) is 2. The fourth-order valence-corrected chi connectivity index (χ4v) is 1.01. The Hall–Kier alpha value is -1.46. The molecule has 0 aromatic carbocycles. The molecule has 1 rings (SSSR count). The summed E-state index contributed by atoms with van der Waals surface area (Å²) in [5.41, 5.74) is -0.0898. The van der Waals surface area contributed by atoms with E-state index in [2.05, 4.69) is 5.10 Å². The van der Waals surface area contributed by atoms with E-state index in [0.29, 0.717) is 0 Å². The Morgan fingerprint density at radius 2 is 2.31 bits per heavy atom. The topological polar surface area (TPSA) is 70.0 Å². The number of carboxylic acids is 1. The van der Waals surface area contributed by atoms with Gasteiger partial charge in [0, 0.05) is 12.8 Å². The second kappa shape index (κ2) is 3.97. The molecule has 0 saturated heterocycles. The second-order valence-corrected chi connectivity index (χ2v) is 2.56. The van der Waals surface area contributed by atoms with E-state index in [0.717, 1.165) is 5.01 Å². The second-order valence-electron chi connectivity index (χ2n) is 2.56. The quantitative estimate of drug-likeness (QED) is 0.678. The molecule has 0 fully saturated rings. The van der Waals surface area contributed by atoms with E-state index >= 15 is 0 Å². The third-order valence-corrected chi connectivity index (χ3v) is 1.65. The first-order valence-electron chi connectivity index (χ1n) is 3.82. The smallest absolute Gasteiger partial charge is 0.352 e. The van der Waals surface area contributed by atoms with Gasteiger partial charge in [0.1, 0.15) is 12.4 Å². The number of hydrogen-bond acceptors (Lipinski definition) is 3. The largest absolute Gasteiger partial charge is 0.477 e. The van der Waals surface area contributed by atoms with E-state index in [-0.39, 0.29) is 31.0 Å². The number of carbonyl (C=O) groups excluding carboxylic acids is 1. The zero-order valence-electron chi connectivity index (χ0n) is 6.86. The normalized spacial score (nSPS) is 17.2. The lowest BCUT2D eigenvalue weighted by molar-refractivity contribution is -0.133. The summed E-state index contributed by atoms with van der Waals surface area (Å²) in [5, 5.41) is 12.9. The lowest BCUT2D eigenvalue weighted by Gasteiger charge is -2.20. The minimum absolute atomic E-state index is 0.0884. The van der Waals surface area contributed by atoms with E-state index in [1.54, 1.807) is 0 Å². The Kier molecular flexibility index (Phi) is 2.94. The summed E-state index contributed by atoms with van der Waals surface area (Å²) in [7, 11) is 0. The zero-order chi connectivity index (χ0) is 9.84. The highest BCUT2D eigenvalue weighted by Crippen LogP contribution is 2.08. The van der Waals surface area contributed by atoms with Crippen LogP contribution in [0.2, 0.25) is 0 Å². The predicted molar refractivity (Wildman–Crippen MR) is 42.0 cm³/mol. The van der Waals surface area contributed by atoms with Crippen LogP contribution in [0.5, 0.6) is 0 Å². The van der Waals surface area contributed by atoms with Crippen molar-refractivity contribution in [2.45, 2.75) is 12.8 Å². The molecule has 13 heavy (non-hydrogen) atoms. The van der Waals surface area contributed by atoms with Crippen molar-refractivity contribution in [3.63, 3.8) is 0 Å². The molecule has 1 aliphatic rings. The molecule has 0 aliphatic carbocycles. The molecule has 0 atom stereocenters. The Morgan fingerprint density at radius 3 is 2.85 bits per heavy atom.